The van der Waals surface area contributed by atoms with Gasteiger partial charge in [-0.1, -0.05) is 0 Å². The molecule has 0 heterocycles. The normalized spacial score (nSPS) is 9.67. The Hall–Kier alpha value is -1.95. The third-order valence-corrected chi connectivity index (χ3v) is 1.61. The second kappa shape index (κ2) is 5.06. The number of ether oxygens (including phenoxy) is 1. The summed E-state index contributed by atoms with van der Waals surface area (Å²) in [5, 5.41) is 23.0. The predicted molar refractivity (Wildman–Crippen MR) is 53.8 cm³/mol. The molecular formula is C9H12N2O4. The Morgan fingerprint density at radius 2 is 2.13 bits per heavy atom. The van der Waals surface area contributed by atoms with E-state index in [9.17, 15) is 4.79 Å². The monoisotopic (exact) mass is 212 g/mol. The van der Waals surface area contributed by atoms with Crippen LogP contribution in [0.3, 0.4) is 0 Å². The molecule has 1 rings (SSSR count). The lowest BCUT2D eigenvalue weighted by Crippen LogP contribution is -2.30. The highest BCUT2D eigenvalue weighted by molar-refractivity contribution is 5.89. The van der Waals surface area contributed by atoms with Crippen molar-refractivity contribution in [3.8, 4) is 11.5 Å². The highest BCUT2D eigenvalue weighted by Crippen LogP contribution is 2.27. The van der Waals surface area contributed by atoms with E-state index in [0.717, 1.165) is 0 Å². The SMILES string of the molecule is COCNC(=O)Nc1ccc(O)c(O)c1. The van der Waals surface area contributed by atoms with Crippen molar-refractivity contribution in [3.05, 3.63) is 18.2 Å². The molecule has 4 N–H and O–H groups in total. The molecule has 0 aliphatic heterocycles. The van der Waals surface area contributed by atoms with Gasteiger partial charge in [-0.25, -0.2) is 4.79 Å². The number of urea groups is 1. The van der Waals surface area contributed by atoms with Gasteiger partial charge >= 0.3 is 6.03 Å². The molecule has 0 radical (unpaired) electrons. The van der Waals surface area contributed by atoms with Crippen molar-refractivity contribution in [1.29, 1.82) is 0 Å². The molecule has 0 saturated heterocycles. The molecule has 0 aliphatic carbocycles. The van der Waals surface area contributed by atoms with Gasteiger partial charge in [-0.3, -0.25) is 0 Å². The Morgan fingerprint density at radius 3 is 2.73 bits per heavy atom. The third kappa shape index (κ3) is 3.35. The van der Waals surface area contributed by atoms with E-state index >= 15 is 0 Å². The van der Waals surface area contributed by atoms with Gasteiger partial charge in [0.1, 0.15) is 6.73 Å². The van der Waals surface area contributed by atoms with Crippen molar-refractivity contribution >= 4 is 11.7 Å². The minimum atomic E-state index is -0.457. The summed E-state index contributed by atoms with van der Waals surface area (Å²) < 4.78 is 4.63. The highest BCUT2D eigenvalue weighted by atomic mass is 16.5. The molecule has 6 nitrogen and oxygen atoms in total. The Balaban J connectivity index is 2.57. The number of phenols is 2. The van der Waals surface area contributed by atoms with Crippen molar-refractivity contribution in [3.63, 3.8) is 0 Å². The van der Waals surface area contributed by atoms with E-state index in [2.05, 4.69) is 15.4 Å². The molecule has 15 heavy (non-hydrogen) atoms. The lowest BCUT2D eigenvalue weighted by Gasteiger charge is -2.07. The largest absolute Gasteiger partial charge is 0.504 e. The number of carbonyl (C=O) groups excluding carboxylic acids is 1. The average Bonchev–Trinajstić information content (AvgIpc) is 2.20. The number of nitrogens with one attached hydrogen (secondary N) is 2. The Kier molecular flexibility index (Phi) is 3.75. The summed E-state index contributed by atoms with van der Waals surface area (Å²) in [6.07, 6.45) is 0. The summed E-state index contributed by atoms with van der Waals surface area (Å²) in [6.45, 7) is 0.0932. The lowest BCUT2D eigenvalue weighted by molar-refractivity contribution is 0.177. The van der Waals surface area contributed by atoms with Crippen molar-refractivity contribution < 1.29 is 19.7 Å². The molecule has 6 heteroatoms. The van der Waals surface area contributed by atoms with Crippen LogP contribution in [0.2, 0.25) is 0 Å². The number of rotatable bonds is 3. The number of aromatic hydroxyl groups is 2. The summed E-state index contributed by atoms with van der Waals surface area (Å²) >= 11 is 0. The number of hydrogen-bond donors (Lipinski definition) is 4. The second-order valence-corrected chi connectivity index (χ2v) is 2.77. The highest BCUT2D eigenvalue weighted by Gasteiger charge is 2.03. The maximum atomic E-state index is 11.1. The molecule has 1 aromatic rings. The van der Waals surface area contributed by atoms with Gasteiger partial charge in [0.05, 0.1) is 0 Å². The first-order valence-electron chi connectivity index (χ1n) is 4.19. The minimum Gasteiger partial charge on any atom is -0.504 e. The fourth-order valence-electron chi connectivity index (χ4n) is 0.914. The molecule has 0 bridgehead atoms. The van der Waals surface area contributed by atoms with E-state index in [-0.39, 0.29) is 18.2 Å². The maximum Gasteiger partial charge on any atom is 0.321 e. The van der Waals surface area contributed by atoms with Gasteiger partial charge in [-0.2, -0.15) is 0 Å². The Bertz CT molecular complexity index is 354. The van der Waals surface area contributed by atoms with Gasteiger partial charge in [-0.15, -0.1) is 0 Å². The molecule has 82 valence electrons. The van der Waals surface area contributed by atoms with Crippen molar-refractivity contribution in [2.24, 2.45) is 0 Å². The number of carbonyl (C=O) groups is 1. The Labute approximate surface area is 86.5 Å². The number of anilines is 1. The molecule has 0 atom stereocenters. The summed E-state index contributed by atoms with van der Waals surface area (Å²) in [5.74, 6) is -0.530. The van der Waals surface area contributed by atoms with Gasteiger partial charge in [0.2, 0.25) is 0 Å². The fourth-order valence-corrected chi connectivity index (χ4v) is 0.914. The van der Waals surface area contributed by atoms with Crippen LogP contribution in [0.4, 0.5) is 10.5 Å². The van der Waals surface area contributed by atoms with Crippen molar-refractivity contribution in [2.45, 2.75) is 0 Å². The summed E-state index contributed by atoms with van der Waals surface area (Å²) in [6, 6.07) is 3.52. The first kappa shape index (κ1) is 11.1. The van der Waals surface area contributed by atoms with Crippen molar-refractivity contribution in [1.82, 2.24) is 5.32 Å². The van der Waals surface area contributed by atoms with Crippen LogP contribution < -0.4 is 10.6 Å². The molecule has 0 spiro atoms. The van der Waals surface area contributed by atoms with Crippen molar-refractivity contribution in [2.75, 3.05) is 19.2 Å². The van der Waals surface area contributed by atoms with E-state index in [1.54, 1.807) is 0 Å². The second-order valence-electron chi connectivity index (χ2n) is 2.77. The first-order chi connectivity index (χ1) is 7.13. The van der Waals surface area contributed by atoms with Crippen LogP contribution in [0, 0.1) is 0 Å². The zero-order chi connectivity index (χ0) is 11.3. The van der Waals surface area contributed by atoms with Gasteiger partial charge in [0, 0.05) is 18.9 Å². The summed E-state index contributed by atoms with van der Waals surface area (Å²) in [4.78, 5) is 11.1. The van der Waals surface area contributed by atoms with E-state index in [4.69, 9.17) is 10.2 Å². The third-order valence-electron chi connectivity index (χ3n) is 1.61. The van der Waals surface area contributed by atoms with Gasteiger partial charge < -0.3 is 25.6 Å². The fraction of sp³-hybridized carbons (Fsp3) is 0.222. The van der Waals surface area contributed by atoms with Crippen LogP contribution in [0.1, 0.15) is 0 Å². The summed E-state index contributed by atoms with van der Waals surface area (Å²) in [7, 11) is 1.45. The lowest BCUT2D eigenvalue weighted by atomic mass is 10.3. The maximum absolute atomic E-state index is 11.1. The van der Waals surface area contributed by atoms with E-state index in [0.29, 0.717) is 5.69 Å². The van der Waals surface area contributed by atoms with E-state index in [1.807, 2.05) is 0 Å². The minimum absolute atomic E-state index is 0.0932. The standard InChI is InChI=1S/C9H12N2O4/c1-15-5-10-9(14)11-6-2-3-7(12)8(13)4-6/h2-4,12-13H,5H2,1H3,(H2,10,11,14). The van der Waals surface area contributed by atoms with E-state index < -0.39 is 6.03 Å². The van der Waals surface area contributed by atoms with Gasteiger partial charge in [0.25, 0.3) is 0 Å². The molecule has 0 unspecified atom stereocenters. The van der Waals surface area contributed by atoms with Crippen LogP contribution in [-0.4, -0.2) is 30.1 Å². The molecular weight excluding hydrogens is 200 g/mol. The molecule has 0 saturated carbocycles. The van der Waals surface area contributed by atoms with Crippen LogP contribution in [0.25, 0.3) is 0 Å². The van der Waals surface area contributed by atoms with Crippen LogP contribution in [-0.2, 0) is 4.74 Å². The zero-order valence-electron chi connectivity index (χ0n) is 8.15. The van der Waals surface area contributed by atoms with Gasteiger partial charge in [-0.05, 0) is 12.1 Å². The quantitative estimate of drug-likeness (QED) is 0.339. The van der Waals surface area contributed by atoms with Gasteiger partial charge in [0.15, 0.2) is 11.5 Å². The van der Waals surface area contributed by atoms with Crippen LogP contribution >= 0.6 is 0 Å². The molecule has 0 aliphatic rings. The molecule has 1 aromatic carbocycles. The zero-order valence-corrected chi connectivity index (χ0v) is 8.15. The number of methoxy groups -OCH3 is 1. The average molecular weight is 212 g/mol. The first-order valence-corrected chi connectivity index (χ1v) is 4.19. The summed E-state index contributed by atoms with van der Waals surface area (Å²) in [5.41, 5.74) is 0.374. The number of amides is 2. The smallest absolute Gasteiger partial charge is 0.321 e. The molecule has 2 amide bonds. The van der Waals surface area contributed by atoms with Crippen LogP contribution in [0.15, 0.2) is 18.2 Å². The topological polar surface area (TPSA) is 90.8 Å². The molecule has 0 fully saturated rings. The van der Waals surface area contributed by atoms with Crippen LogP contribution in [0.5, 0.6) is 11.5 Å². The Morgan fingerprint density at radius 1 is 1.40 bits per heavy atom. The molecule has 0 aromatic heterocycles. The number of benzene rings is 1. The predicted octanol–water partition coefficient (Wildman–Crippen LogP) is 0.823. The number of phenolic OH excluding ortho intramolecular Hbond substituents is 2. The van der Waals surface area contributed by atoms with E-state index in [1.165, 1.54) is 25.3 Å². The number of hydrogen-bond acceptors (Lipinski definition) is 4.